The lowest BCUT2D eigenvalue weighted by molar-refractivity contribution is 0.753. The molecule has 1 atom stereocenters. The van der Waals surface area contributed by atoms with Crippen LogP contribution in [0.4, 0.5) is 0 Å². The minimum absolute atomic E-state index is 0.334. The molecule has 80 valence electrons. The highest BCUT2D eigenvalue weighted by atomic mass is 32.1. The van der Waals surface area contributed by atoms with E-state index in [1.165, 1.54) is 20.5 Å². The Bertz CT molecular complexity index is 544. The minimum Gasteiger partial charge on any atom is -0.380 e. The third-order valence-electron chi connectivity index (χ3n) is 2.79. The van der Waals surface area contributed by atoms with Gasteiger partial charge < -0.3 is 5.32 Å². The van der Waals surface area contributed by atoms with E-state index < -0.39 is 0 Å². The Labute approximate surface area is 99.1 Å². The molecule has 2 heterocycles. The first-order valence-electron chi connectivity index (χ1n) is 5.42. The third kappa shape index (κ3) is 1.65. The maximum atomic E-state index is 3.41. The summed E-state index contributed by atoms with van der Waals surface area (Å²) in [5.74, 6) is 0. The molecule has 1 aromatic heterocycles. The van der Waals surface area contributed by atoms with Crippen LogP contribution >= 0.6 is 11.3 Å². The second kappa shape index (κ2) is 3.80. The molecule has 0 aliphatic carbocycles. The molecule has 0 radical (unpaired) electrons. The SMILES string of the molecule is CC1=CNC(c2cc3ccccc3s2)C=C1. The van der Waals surface area contributed by atoms with Gasteiger partial charge in [0.05, 0.1) is 6.04 Å². The second-order valence-corrected chi connectivity index (χ2v) is 5.19. The summed E-state index contributed by atoms with van der Waals surface area (Å²) in [6, 6.07) is 11.1. The van der Waals surface area contributed by atoms with E-state index in [1.807, 2.05) is 11.3 Å². The average Bonchev–Trinajstić information content (AvgIpc) is 2.73. The van der Waals surface area contributed by atoms with Gasteiger partial charge in [0.2, 0.25) is 0 Å². The summed E-state index contributed by atoms with van der Waals surface area (Å²) >= 11 is 1.86. The van der Waals surface area contributed by atoms with Gasteiger partial charge >= 0.3 is 0 Å². The van der Waals surface area contributed by atoms with Crippen molar-refractivity contribution >= 4 is 21.4 Å². The highest BCUT2D eigenvalue weighted by Crippen LogP contribution is 2.31. The largest absolute Gasteiger partial charge is 0.380 e. The molecular weight excluding hydrogens is 214 g/mol. The zero-order valence-electron chi connectivity index (χ0n) is 9.10. The molecule has 3 rings (SSSR count). The second-order valence-electron chi connectivity index (χ2n) is 4.08. The van der Waals surface area contributed by atoms with Gasteiger partial charge in [0.25, 0.3) is 0 Å². The van der Waals surface area contributed by atoms with Crippen molar-refractivity contribution in [1.29, 1.82) is 0 Å². The van der Waals surface area contributed by atoms with E-state index in [9.17, 15) is 0 Å². The lowest BCUT2D eigenvalue weighted by Crippen LogP contribution is -2.14. The molecule has 1 aromatic carbocycles. The highest BCUT2D eigenvalue weighted by Gasteiger charge is 2.11. The van der Waals surface area contributed by atoms with Crippen molar-refractivity contribution in [1.82, 2.24) is 5.32 Å². The zero-order chi connectivity index (χ0) is 11.0. The van der Waals surface area contributed by atoms with E-state index in [0.717, 1.165) is 0 Å². The standard InChI is InChI=1S/C14H13NS/c1-10-6-7-12(15-9-10)14-8-11-4-2-3-5-13(11)16-14/h2-9,12,15H,1H3. The molecule has 0 bridgehead atoms. The van der Waals surface area contributed by atoms with E-state index in [4.69, 9.17) is 0 Å². The van der Waals surface area contributed by atoms with Crippen molar-refractivity contribution in [3.8, 4) is 0 Å². The van der Waals surface area contributed by atoms with Crippen molar-refractivity contribution in [3.05, 3.63) is 59.1 Å². The van der Waals surface area contributed by atoms with Gasteiger partial charge in [-0.05, 0) is 30.0 Å². The fraction of sp³-hybridized carbons (Fsp3) is 0.143. The Balaban J connectivity index is 1.98. The van der Waals surface area contributed by atoms with Crippen molar-refractivity contribution in [2.45, 2.75) is 13.0 Å². The minimum atomic E-state index is 0.334. The predicted octanol–water partition coefficient (Wildman–Crippen LogP) is 4.01. The summed E-state index contributed by atoms with van der Waals surface area (Å²) in [4.78, 5) is 1.38. The van der Waals surface area contributed by atoms with Crippen LogP contribution in [0.5, 0.6) is 0 Å². The number of nitrogens with one attached hydrogen (secondary N) is 1. The van der Waals surface area contributed by atoms with Crippen molar-refractivity contribution in [3.63, 3.8) is 0 Å². The van der Waals surface area contributed by atoms with Gasteiger partial charge in [-0.1, -0.05) is 30.4 Å². The van der Waals surface area contributed by atoms with E-state index >= 15 is 0 Å². The molecule has 2 heteroatoms. The van der Waals surface area contributed by atoms with Gasteiger partial charge in [-0.3, -0.25) is 0 Å². The molecular formula is C14H13NS. The molecule has 1 aliphatic rings. The number of hydrogen-bond acceptors (Lipinski definition) is 2. The number of hydrogen-bond donors (Lipinski definition) is 1. The third-order valence-corrected chi connectivity index (χ3v) is 3.99. The monoisotopic (exact) mass is 227 g/mol. The number of allylic oxidation sites excluding steroid dienone is 2. The van der Waals surface area contributed by atoms with E-state index in [-0.39, 0.29) is 0 Å². The quantitative estimate of drug-likeness (QED) is 0.776. The smallest absolute Gasteiger partial charge is 0.0789 e. The molecule has 2 aromatic rings. The van der Waals surface area contributed by atoms with Crippen LogP contribution in [0.25, 0.3) is 10.1 Å². The number of dihydropyridines is 1. The van der Waals surface area contributed by atoms with Gasteiger partial charge in [-0.2, -0.15) is 0 Å². The molecule has 0 saturated heterocycles. The van der Waals surface area contributed by atoms with Gasteiger partial charge in [-0.25, -0.2) is 0 Å². The fourth-order valence-electron chi connectivity index (χ4n) is 1.91. The summed E-state index contributed by atoms with van der Waals surface area (Å²) < 4.78 is 1.36. The molecule has 1 nitrogen and oxygen atoms in total. The summed E-state index contributed by atoms with van der Waals surface area (Å²) in [5.41, 5.74) is 1.28. The molecule has 16 heavy (non-hydrogen) atoms. The first-order valence-corrected chi connectivity index (χ1v) is 6.24. The summed E-state index contributed by atoms with van der Waals surface area (Å²) in [7, 11) is 0. The Hall–Kier alpha value is -1.54. The summed E-state index contributed by atoms with van der Waals surface area (Å²) in [5, 5.41) is 4.74. The topological polar surface area (TPSA) is 12.0 Å². The predicted molar refractivity (Wildman–Crippen MR) is 70.6 cm³/mol. The lowest BCUT2D eigenvalue weighted by Gasteiger charge is -2.15. The molecule has 1 unspecified atom stereocenters. The van der Waals surface area contributed by atoms with Crippen molar-refractivity contribution < 1.29 is 0 Å². The Morgan fingerprint density at radius 3 is 2.88 bits per heavy atom. The van der Waals surface area contributed by atoms with Gasteiger partial charge in [0, 0.05) is 15.8 Å². The lowest BCUT2D eigenvalue weighted by atomic mass is 10.1. The van der Waals surface area contributed by atoms with E-state index in [2.05, 4.69) is 60.9 Å². The summed E-state index contributed by atoms with van der Waals surface area (Å²) in [6.07, 6.45) is 6.47. The molecule has 0 spiro atoms. The fourth-order valence-corrected chi connectivity index (χ4v) is 3.01. The number of thiophene rings is 1. The maximum Gasteiger partial charge on any atom is 0.0789 e. The van der Waals surface area contributed by atoms with Gasteiger partial charge in [0.15, 0.2) is 0 Å². The Morgan fingerprint density at radius 2 is 2.12 bits per heavy atom. The van der Waals surface area contributed by atoms with Crippen LogP contribution in [0.15, 0.2) is 54.3 Å². The van der Waals surface area contributed by atoms with Crippen LogP contribution in [-0.2, 0) is 0 Å². The van der Waals surface area contributed by atoms with Crippen LogP contribution in [-0.4, -0.2) is 0 Å². The molecule has 1 aliphatic heterocycles. The zero-order valence-corrected chi connectivity index (χ0v) is 9.92. The Kier molecular flexibility index (Phi) is 2.29. The highest BCUT2D eigenvalue weighted by molar-refractivity contribution is 7.19. The van der Waals surface area contributed by atoms with Gasteiger partial charge in [0.1, 0.15) is 0 Å². The van der Waals surface area contributed by atoms with Crippen LogP contribution < -0.4 is 5.32 Å². The number of benzene rings is 1. The van der Waals surface area contributed by atoms with E-state index in [0.29, 0.717) is 6.04 Å². The van der Waals surface area contributed by atoms with Crippen LogP contribution in [0.1, 0.15) is 17.8 Å². The molecule has 1 N–H and O–H groups in total. The summed E-state index contributed by atoms with van der Waals surface area (Å²) in [6.45, 7) is 2.10. The van der Waals surface area contributed by atoms with E-state index in [1.54, 1.807) is 0 Å². The number of fused-ring (bicyclic) bond motifs is 1. The first-order chi connectivity index (χ1) is 7.83. The van der Waals surface area contributed by atoms with Crippen molar-refractivity contribution in [2.75, 3.05) is 0 Å². The normalized spacial score (nSPS) is 19.6. The Morgan fingerprint density at radius 1 is 1.25 bits per heavy atom. The van der Waals surface area contributed by atoms with Crippen LogP contribution in [0.3, 0.4) is 0 Å². The van der Waals surface area contributed by atoms with Gasteiger partial charge in [-0.15, -0.1) is 11.3 Å². The maximum absolute atomic E-state index is 3.41. The van der Waals surface area contributed by atoms with Crippen LogP contribution in [0, 0.1) is 0 Å². The van der Waals surface area contributed by atoms with Crippen LogP contribution in [0.2, 0.25) is 0 Å². The first kappa shape index (κ1) is 9.67. The number of rotatable bonds is 1. The van der Waals surface area contributed by atoms with Crippen molar-refractivity contribution in [2.24, 2.45) is 0 Å². The molecule has 0 saturated carbocycles. The molecule has 0 amide bonds. The molecule has 0 fully saturated rings. The average molecular weight is 227 g/mol.